The number of urea groups is 1. The van der Waals surface area contributed by atoms with E-state index in [9.17, 15) is 9.59 Å². The van der Waals surface area contributed by atoms with Crippen molar-refractivity contribution in [3.05, 3.63) is 59.3 Å². The first-order chi connectivity index (χ1) is 13.0. The van der Waals surface area contributed by atoms with Crippen LogP contribution in [0.3, 0.4) is 0 Å². The van der Waals surface area contributed by atoms with Crippen LogP contribution in [0.1, 0.15) is 51.6 Å². The molecule has 2 aromatic rings. The molecule has 1 atom stereocenters. The Kier molecular flexibility index (Phi) is 5.79. The Bertz CT molecular complexity index is 881. The molecule has 0 bridgehead atoms. The maximum Gasteiger partial charge on any atom is 0.338 e. The first-order valence-corrected chi connectivity index (χ1v) is 9.50. The summed E-state index contributed by atoms with van der Waals surface area (Å²) in [5, 5.41) is 7.83. The Labute approximate surface area is 159 Å². The van der Waals surface area contributed by atoms with Crippen LogP contribution in [0.4, 0.5) is 4.79 Å². The highest BCUT2D eigenvalue weighted by Gasteiger charge is 2.34. The van der Waals surface area contributed by atoms with Crippen molar-refractivity contribution in [1.82, 2.24) is 10.6 Å². The summed E-state index contributed by atoms with van der Waals surface area (Å²) in [6.45, 7) is 5.73. The Balaban J connectivity index is 2.14. The second-order valence-corrected chi connectivity index (χ2v) is 7.05. The van der Waals surface area contributed by atoms with Gasteiger partial charge >= 0.3 is 12.0 Å². The number of hydrogen-bond donors (Lipinski definition) is 2. The van der Waals surface area contributed by atoms with Gasteiger partial charge in [0.05, 0.1) is 17.7 Å². The molecule has 0 aliphatic carbocycles. The highest BCUT2D eigenvalue weighted by Crippen LogP contribution is 2.33. The molecule has 0 aromatic heterocycles. The summed E-state index contributed by atoms with van der Waals surface area (Å²) in [6.07, 6.45) is 2.26. The molecular formula is C22H26N2O3. The standard InChI is InChI=1S/C22H26N2O3/c1-4-5-13-18-19(21(25)27-14(2)3)20(24-22(26)23-18)17-12-8-10-15-9-6-7-11-16(15)17/h6-12,14,20H,4-5,13H2,1-3H3,(H2,23,24,26). The molecule has 1 aliphatic rings. The predicted octanol–water partition coefficient (Wildman–Crippen LogP) is 4.59. The Hall–Kier alpha value is -2.82. The molecule has 0 saturated heterocycles. The van der Waals surface area contributed by atoms with E-state index in [-0.39, 0.29) is 18.1 Å². The fraction of sp³-hybridized carbons (Fsp3) is 0.364. The van der Waals surface area contributed by atoms with Gasteiger partial charge in [-0.05, 0) is 43.0 Å². The minimum atomic E-state index is -0.539. The van der Waals surface area contributed by atoms with Crippen LogP contribution in [0.2, 0.25) is 0 Å². The molecule has 3 rings (SSSR count). The Morgan fingerprint density at radius 3 is 2.63 bits per heavy atom. The lowest BCUT2D eigenvalue weighted by molar-refractivity contribution is -0.143. The number of ether oxygens (including phenoxy) is 1. The van der Waals surface area contributed by atoms with Crippen LogP contribution in [0.25, 0.3) is 10.8 Å². The highest BCUT2D eigenvalue weighted by molar-refractivity contribution is 5.97. The highest BCUT2D eigenvalue weighted by atomic mass is 16.5. The molecule has 1 unspecified atom stereocenters. The van der Waals surface area contributed by atoms with E-state index >= 15 is 0 Å². The molecule has 0 spiro atoms. The maximum absolute atomic E-state index is 12.9. The van der Waals surface area contributed by atoms with Crippen molar-refractivity contribution >= 4 is 22.8 Å². The molecule has 5 nitrogen and oxygen atoms in total. The second-order valence-electron chi connectivity index (χ2n) is 7.05. The fourth-order valence-corrected chi connectivity index (χ4v) is 3.42. The van der Waals surface area contributed by atoms with Gasteiger partial charge in [0.25, 0.3) is 0 Å². The van der Waals surface area contributed by atoms with Crippen LogP contribution in [-0.2, 0) is 9.53 Å². The summed E-state index contributed by atoms with van der Waals surface area (Å²) in [5.74, 6) is -0.387. The van der Waals surface area contributed by atoms with Gasteiger partial charge in [-0.1, -0.05) is 55.8 Å². The number of unbranched alkanes of at least 4 members (excludes halogenated alkanes) is 1. The molecule has 2 N–H and O–H groups in total. The van der Waals surface area contributed by atoms with E-state index in [0.29, 0.717) is 17.7 Å². The monoisotopic (exact) mass is 366 g/mol. The third kappa shape index (κ3) is 4.13. The lowest BCUT2D eigenvalue weighted by Gasteiger charge is -2.30. The van der Waals surface area contributed by atoms with Crippen LogP contribution >= 0.6 is 0 Å². The zero-order valence-corrected chi connectivity index (χ0v) is 16.0. The van der Waals surface area contributed by atoms with E-state index in [1.165, 1.54) is 0 Å². The van der Waals surface area contributed by atoms with Gasteiger partial charge in [0, 0.05) is 5.70 Å². The predicted molar refractivity (Wildman–Crippen MR) is 106 cm³/mol. The smallest absolute Gasteiger partial charge is 0.338 e. The average Bonchev–Trinajstić information content (AvgIpc) is 2.64. The van der Waals surface area contributed by atoms with Crippen molar-refractivity contribution in [2.45, 2.75) is 52.2 Å². The minimum absolute atomic E-state index is 0.233. The molecule has 2 amide bonds. The quantitative estimate of drug-likeness (QED) is 0.735. The molecule has 0 saturated carbocycles. The SMILES string of the molecule is CCCCC1=C(C(=O)OC(C)C)C(c2cccc3ccccc23)NC(=O)N1. The molecular weight excluding hydrogens is 340 g/mol. The molecule has 0 radical (unpaired) electrons. The van der Waals surface area contributed by atoms with Gasteiger partial charge < -0.3 is 15.4 Å². The number of allylic oxidation sites excluding steroid dienone is 1. The first-order valence-electron chi connectivity index (χ1n) is 9.50. The number of hydrogen-bond acceptors (Lipinski definition) is 3. The fourth-order valence-electron chi connectivity index (χ4n) is 3.42. The number of fused-ring (bicyclic) bond motifs is 1. The van der Waals surface area contributed by atoms with Gasteiger partial charge in [0.1, 0.15) is 0 Å². The first kappa shape index (κ1) is 19.0. The lowest BCUT2D eigenvalue weighted by Crippen LogP contribution is -2.46. The van der Waals surface area contributed by atoms with Gasteiger partial charge in [-0.15, -0.1) is 0 Å². The third-order valence-corrected chi connectivity index (χ3v) is 4.63. The molecule has 142 valence electrons. The van der Waals surface area contributed by atoms with E-state index in [1.54, 1.807) is 0 Å². The van der Waals surface area contributed by atoms with Crippen molar-refractivity contribution in [3.63, 3.8) is 0 Å². The van der Waals surface area contributed by atoms with Crippen molar-refractivity contribution < 1.29 is 14.3 Å². The van der Waals surface area contributed by atoms with Crippen LogP contribution in [-0.4, -0.2) is 18.1 Å². The van der Waals surface area contributed by atoms with E-state index < -0.39 is 6.04 Å². The Morgan fingerprint density at radius 1 is 1.15 bits per heavy atom. The maximum atomic E-state index is 12.9. The molecule has 1 heterocycles. The summed E-state index contributed by atoms with van der Waals surface area (Å²) in [5.41, 5.74) is 2.05. The van der Waals surface area contributed by atoms with Crippen molar-refractivity contribution in [3.8, 4) is 0 Å². The number of benzene rings is 2. The van der Waals surface area contributed by atoms with Crippen molar-refractivity contribution in [2.75, 3.05) is 0 Å². The number of nitrogens with one attached hydrogen (secondary N) is 2. The van der Waals surface area contributed by atoms with Crippen molar-refractivity contribution in [1.29, 1.82) is 0 Å². The zero-order valence-electron chi connectivity index (χ0n) is 16.0. The van der Waals surface area contributed by atoms with Crippen LogP contribution in [0.5, 0.6) is 0 Å². The molecule has 5 heteroatoms. The molecule has 2 aromatic carbocycles. The molecule has 0 fully saturated rings. The summed E-state index contributed by atoms with van der Waals surface area (Å²) in [6, 6.07) is 13.1. The van der Waals surface area contributed by atoms with Gasteiger partial charge in [-0.25, -0.2) is 9.59 Å². The van der Waals surface area contributed by atoms with E-state index in [2.05, 4.69) is 17.6 Å². The minimum Gasteiger partial charge on any atom is -0.459 e. The zero-order chi connectivity index (χ0) is 19.4. The van der Waals surface area contributed by atoms with Gasteiger partial charge in [-0.3, -0.25) is 0 Å². The number of esters is 1. The number of rotatable bonds is 6. The van der Waals surface area contributed by atoms with Gasteiger partial charge in [0.2, 0.25) is 0 Å². The summed E-state index contributed by atoms with van der Waals surface area (Å²) in [4.78, 5) is 25.3. The third-order valence-electron chi connectivity index (χ3n) is 4.63. The van der Waals surface area contributed by atoms with Crippen LogP contribution in [0.15, 0.2) is 53.7 Å². The van der Waals surface area contributed by atoms with E-state index in [1.807, 2.05) is 56.3 Å². The summed E-state index contributed by atoms with van der Waals surface area (Å²) < 4.78 is 5.51. The second kappa shape index (κ2) is 8.25. The summed E-state index contributed by atoms with van der Waals surface area (Å²) >= 11 is 0. The van der Waals surface area contributed by atoms with Crippen LogP contribution in [0, 0.1) is 0 Å². The van der Waals surface area contributed by atoms with Crippen molar-refractivity contribution in [2.24, 2.45) is 0 Å². The molecule has 1 aliphatic heterocycles. The van der Waals surface area contributed by atoms with E-state index in [4.69, 9.17) is 4.74 Å². The number of carbonyl (C=O) groups excluding carboxylic acids is 2. The topological polar surface area (TPSA) is 67.4 Å². The Morgan fingerprint density at radius 2 is 1.89 bits per heavy atom. The largest absolute Gasteiger partial charge is 0.459 e. The summed E-state index contributed by atoms with van der Waals surface area (Å²) in [7, 11) is 0. The van der Waals surface area contributed by atoms with E-state index in [0.717, 1.165) is 29.2 Å². The van der Waals surface area contributed by atoms with Gasteiger partial charge in [0.15, 0.2) is 0 Å². The average molecular weight is 366 g/mol. The normalized spacial score (nSPS) is 17.0. The van der Waals surface area contributed by atoms with Gasteiger partial charge in [-0.2, -0.15) is 0 Å². The molecule has 27 heavy (non-hydrogen) atoms. The number of amides is 2. The van der Waals surface area contributed by atoms with Crippen LogP contribution < -0.4 is 10.6 Å². The number of carbonyl (C=O) groups is 2. The lowest BCUT2D eigenvalue weighted by atomic mass is 9.90.